The first-order chi connectivity index (χ1) is 8.16. The van der Waals surface area contributed by atoms with Crippen molar-refractivity contribution < 1.29 is 4.92 Å². The van der Waals surface area contributed by atoms with Gasteiger partial charge in [-0.25, -0.2) is 0 Å². The molecule has 0 spiro atoms. The average Bonchev–Trinajstić information content (AvgIpc) is 2.80. The number of nitro benzene ring substituents is 1. The van der Waals surface area contributed by atoms with E-state index in [0.717, 1.165) is 9.90 Å². The predicted octanol–water partition coefficient (Wildman–Crippen LogP) is 3.50. The number of benzene rings is 1. The minimum atomic E-state index is -0.400. The maximum atomic E-state index is 10.8. The van der Waals surface area contributed by atoms with Crippen molar-refractivity contribution in [1.82, 2.24) is 10.2 Å². The minimum absolute atomic E-state index is 0.0837. The van der Waals surface area contributed by atoms with Crippen molar-refractivity contribution in [2.75, 3.05) is 0 Å². The first-order valence-corrected chi connectivity index (χ1v) is 7.14. The summed E-state index contributed by atoms with van der Waals surface area (Å²) in [5.41, 5.74) is 2.63. The van der Waals surface area contributed by atoms with Crippen molar-refractivity contribution in [1.29, 1.82) is 0 Å². The van der Waals surface area contributed by atoms with E-state index >= 15 is 0 Å². The molecule has 0 saturated heterocycles. The van der Waals surface area contributed by atoms with Crippen molar-refractivity contribution >= 4 is 44.7 Å². The molecule has 8 heteroatoms. The summed E-state index contributed by atoms with van der Waals surface area (Å²) in [6.45, 7) is 0. The smallest absolute Gasteiger partial charge is 0.258 e. The molecule has 0 fully saturated rings. The maximum Gasteiger partial charge on any atom is 0.283 e. The predicted molar refractivity (Wildman–Crippen MR) is 70.3 cm³/mol. The lowest BCUT2D eigenvalue weighted by Gasteiger charge is -2.00. The van der Waals surface area contributed by atoms with Gasteiger partial charge in [-0.1, -0.05) is 29.2 Å². The van der Waals surface area contributed by atoms with Gasteiger partial charge in [0, 0.05) is 11.8 Å². The Labute approximate surface area is 114 Å². The van der Waals surface area contributed by atoms with Crippen LogP contribution in [0.25, 0.3) is 0 Å². The number of halogens is 1. The molecule has 1 aromatic heterocycles. The number of hydrogen-bond donors (Lipinski definition) is 0. The van der Waals surface area contributed by atoms with Crippen LogP contribution in [0.2, 0.25) is 0 Å². The summed E-state index contributed by atoms with van der Waals surface area (Å²) in [7, 11) is 0. The van der Waals surface area contributed by atoms with Crippen molar-refractivity contribution in [3.63, 3.8) is 0 Å². The lowest BCUT2D eigenvalue weighted by Crippen LogP contribution is -1.91. The van der Waals surface area contributed by atoms with E-state index in [2.05, 4.69) is 26.1 Å². The molecule has 0 amide bonds. The van der Waals surface area contributed by atoms with Crippen LogP contribution in [-0.2, 0) is 5.75 Å². The van der Waals surface area contributed by atoms with Crippen LogP contribution in [0.3, 0.4) is 0 Å². The van der Waals surface area contributed by atoms with Gasteiger partial charge in [0.2, 0.25) is 0 Å². The summed E-state index contributed by atoms with van der Waals surface area (Å²) >= 11 is 6.12. The second kappa shape index (κ2) is 5.56. The Morgan fingerprint density at radius 1 is 1.53 bits per heavy atom. The number of hydrogen-bond acceptors (Lipinski definition) is 6. The lowest BCUT2D eigenvalue weighted by atomic mass is 10.2. The molecule has 0 N–H and O–H groups in total. The second-order valence-electron chi connectivity index (χ2n) is 3.04. The fourth-order valence-electron chi connectivity index (χ4n) is 1.16. The van der Waals surface area contributed by atoms with E-state index in [-0.39, 0.29) is 5.69 Å². The number of aromatic nitrogens is 2. The molecule has 0 unspecified atom stereocenters. The Hall–Kier alpha value is -0.990. The highest BCUT2D eigenvalue weighted by molar-refractivity contribution is 9.10. The van der Waals surface area contributed by atoms with E-state index in [1.165, 1.54) is 23.1 Å². The molecule has 2 rings (SSSR count). The first kappa shape index (κ1) is 12.5. The standard InChI is InChI=1S/C9H6BrN3O2S2/c10-7-2-1-6(3-8(7)13(14)15)4-16-9-12-11-5-17-9/h1-3,5H,4H2. The van der Waals surface area contributed by atoms with Gasteiger partial charge < -0.3 is 0 Å². The Morgan fingerprint density at radius 2 is 2.35 bits per heavy atom. The molecule has 1 heterocycles. The molecule has 88 valence electrons. The van der Waals surface area contributed by atoms with Crippen molar-refractivity contribution in [3.8, 4) is 0 Å². The van der Waals surface area contributed by atoms with Crippen LogP contribution < -0.4 is 0 Å². The van der Waals surface area contributed by atoms with Crippen molar-refractivity contribution in [3.05, 3.63) is 43.9 Å². The number of thioether (sulfide) groups is 1. The van der Waals surface area contributed by atoms with Gasteiger partial charge in [0.25, 0.3) is 5.69 Å². The Morgan fingerprint density at radius 3 is 3.00 bits per heavy atom. The molecule has 2 aromatic rings. The van der Waals surface area contributed by atoms with Crippen LogP contribution in [0, 0.1) is 10.1 Å². The molecule has 17 heavy (non-hydrogen) atoms. The topological polar surface area (TPSA) is 68.9 Å². The van der Waals surface area contributed by atoms with E-state index in [0.29, 0.717) is 10.2 Å². The zero-order chi connectivity index (χ0) is 12.3. The molecule has 0 saturated carbocycles. The van der Waals surface area contributed by atoms with E-state index < -0.39 is 4.92 Å². The van der Waals surface area contributed by atoms with Gasteiger partial charge in [0.15, 0.2) is 4.34 Å². The molecular weight excluding hydrogens is 326 g/mol. The van der Waals surface area contributed by atoms with Crippen LogP contribution in [-0.4, -0.2) is 15.1 Å². The van der Waals surface area contributed by atoms with Crippen LogP contribution >= 0.6 is 39.0 Å². The maximum absolute atomic E-state index is 10.8. The van der Waals surface area contributed by atoms with Gasteiger partial charge >= 0.3 is 0 Å². The highest BCUT2D eigenvalue weighted by atomic mass is 79.9. The molecule has 0 atom stereocenters. The zero-order valence-corrected chi connectivity index (χ0v) is 11.6. The Kier molecular flexibility index (Phi) is 4.08. The summed E-state index contributed by atoms with van der Waals surface area (Å²) in [5.74, 6) is 0.642. The third-order valence-electron chi connectivity index (χ3n) is 1.91. The Balaban J connectivity index is 2.11. The summed E-state index contributed by atoms with van der Waals surface area (Å²) in [4.78, 5) is 10.4. The fraction of sp³-hybridized carbons (Fsp3) is 0.111. The molecule has 0 aliphatic heterocycles. The van der Waals surface area contributed by atoms with Crippen LogP contribution in [0.5, 0.6) is 0 Å². The minimum Gasteiger partial charge on any atom is -0.258 e. The van der Waals surface area contributed by atoms with E-state index in [1.807, 2.05) is 6.07 Å². The monoisotopic (exact) mass is 331 g/mol. The largest absolute Gasteiger partial charge is 0.283 e. The average molecular weight is 332 g/mol. The zero-order valence-electron chi connectivity index (χ0n) is 8.37. The highest BCUT2D eigenvalue weighted by Crippen LogP contribution is 2.29. The van der Waals surface area contributed by atoms with Crippen LogP contribution in [0.1, 0.15) is 5.56 Å². The quantitative estimate of drug-likeness (QED) is 0.487. The number of nitro groups is 1. The molecule has 5 nitrogen and oxygen atoms in total. The molecular formula is C9H6BrN3O2S2. The normalized spacial score (nSPS) is 10.4. The molecule has 1 aromatic carbocycles. The third-order valence-corrected chi connectivity index (χ3v) is 4.51. The van der Waals surface area contributed by atoms with Crippen LogP contribution in [0.4, 0.5) is 5.69 Å². The van der Waals surface area contributed by atoms with Gasteiger partial charge in [-0.15, -0.1) is 10.2 Å². The number of rotatable bonds is 4. The molecule has 0 aliphatic carbocycles. The van der Waals surface area contributed by atoms with E-state index in [1.54, 1.807) is 17.6 Å². The number of nitrogens with zero attached hydrogens (tertiary/aromatic N) is 3. The van der Waals surface area contributed by atoms with Crippen molar-refractivity contribution in [2.45, 2.75) is 10.1 Å². The lowest BCUT2D eigenvalue weighted by molar-refractivity contribution is -0.385. The van der Waals surface area contributed by atoms with Crippen LogP contribution in [0.15, 0.2) is 32.5 Å². The highest BCUT2D eigenvalue weighted by Gasteiger charge is 2.12. The van der Waals surface area contributed by atoms with Gasteiger partial charge in [0.05, 0.1) is 9.40 Å². The second-order valence-corrected chi connectivity index (χ2v) is 5.95. The van der Waals surface area contributed by atoms with Gasteiger partial charge in [0.1, 0.15) is 5.51 Å². The van der Waals surface area contributed by atoms with Crippen molar-refractivity contribution in [2.24, 2.45) is 0 Å². The third kappa shape index (κ3) is 3.24. The van der Waals surface area contributed by atoms with Gasteiger partial charge in [-0.05, 0) is 27.6 Å². The summed E-state index contributed by atoms with van der Waals surface area (Å²) in [6.07, 6.45) is 0. The Bertz CT molecular complexity index is 533. The summed E-state index contributed by atoms with van der Waals surface area (Å²) in [5, 5.41) is 18.4. The molecule has 0 bridgehead atoms. The van der Waals surface area contributed by atoms with E-state index in [4.69, 9.17) is 0 Å². The van der Waals surface area contributed by atoms with Gasteiger partial charge in [-0.3, -0.25) is 10.1 Å². The fourth-order valence-corrected chi connectivity index (χ4v) is 2.98. The molecule has 0 aliphatic rings. The SMILES string of the molecule is O=[N+]([O-])c1cc(CSc2nncs2)ccc1Br. The van der Waals surface area contributed by atoms with E-state index in [9.17, 15) is 10.1 Å². The van der Waals surface area contributed by atoms with Gasteiger partial charge in [-0.2, -0.15) is 0 Å². The first-order valence-electron chi connectivity index (χ1n) is 4.48. The molecule has 0 radical (unpaired) electrons. The summed E-state index contributed by atoms with van der Waals surface area (Å²) in [6, 6.07) is 5.11. The summed E-state index contributed by atoms with van der Waals surface area (Å²) < 4.78 is 1.35.